The minimum Gasteiger partial charge on any atom is -0.481 e. The highest BCUT2D eigenvalue weighted by Crippen LogP contribution is 2.34. The molecule has 6 heteroatoms. The minimum atomic E-state index is -0.830. The summed E-state index contributed by atoms with van der Waals surface area (Å²) in [5.74, 6) is -0.750. The van der Waals surface area contributed by atoms with Crippen molar-refractivity contribution in [3.63, 3.8) is 0 Å². The Bertz CT molecular complexity index is 455. The number of hydrogen-bond donors (Lipinski definition) is 1. The zero-order valence-electron chi connectivity index (χ0n) is 10.4. The van der Waals surface area contributed by atoms with E-state index < -0.39 is 11.9 Å². The van der Waals surface area contributed by atoms with Gasteiger partial charge in [0.05, 0.1) is 11.8 Å². The summed E-state index contributed by atoms with van der Waals surface area (Å²) in [7, 11) is 1.56. The Morgan fingerprint density at radius 2 is 2.28 bits per heavy atom. The lowest BCUT2D eigenvalue weighted by atomic mass is 9.83. The number of methoxy groups -OCH3 is 1. The number of rotatable bonds is 4. The zero-order chi connectivity index (χ0) is 13.1. The van der Waals surface area contributed by atoms with Gasteiger partial charge in [0, 0.05) is 7.11 Å². The number of allylic oxidation sites excluding steroid dienone is 2. The van der Waals surface area contributed by atoms with Crippen LogP contribution in [0.15, 0.2) is 16.7 Å². The first-order valence-electron chi connectivity index (χ1n) is 5.87. The highest BCUT2D eigenvalue weighted by atomic mass is 16.5. The molecular formula is C12H16N2O4. The van der Waals surface area contributed by atoms with Gasteiger partial charge in [0.25, 0.3) is 0 Å². The predicted molar refractivity (Wildman–Crippen MR) is 62.0 cm³/mol. The Morgan fingerprint density at radius 1 is 1.56 bits per heavy atom. The highest BCUT2D eigenvalue weighted by molar-refractivity contribution is 5.71. The second-order valence-electron chi connectivity index (χ2n) is 4.36. The number of carbonyl (C=O) groups is 1. The van der Waals surface area contributed by atoms with Crippen molar-refractivity contribution in [2.75, 3.05) is 7.11 Å². The van der Waals surface area contributed by atoms with Crippen LogP contribution in [-0.4, -0.2) is 28.3 Å². The molecule has 1 aromatic rings. The van der Waals surface area contributed by atoms with E-state index in [4.69, 9.17) is 9.26 Å². The Hall–Kier alpha value is -1.69. The fraction of sp³-hybridized carbons (Fsp3) is 0.583. The van der Waals surface area contributed by atoms with Gasteiger partial charge in [-0.05, 0) is 19.8 Å². The van der Waals surface area contributed by atoms with E-state index in [2.05, 4.69) is 10.1 Å². The molecule has 1 aromatic heterocycles. The number of hydrogen-bond acceptors (Lipinski definition) is 5. The standard InChI is InChI=1S/C12H16N2O4/c1-7(17-2)10-13-11(18-14-10)8-5-3-4-6-9(8)12(15)16/h3-4,7-9H,5-6H2,1-2H3,(H,15,16). The molecule has 3 unspecified atom stereocenters. The second-order valence-corrected chi connectivity index (χ2v) is 4.36. The van der Waals surface area contributed by atoms with Crippen molar-refractivity contribution >= 4 is 5.97 Å². The summed E-state index contributed by atoms with van der Waals surface area (Å²) in [5.41, 5.74) is 0. The van der Waals surface area contributed by atoms with E-state index in [0.717, 1.165) is 0 Å². The van der Waals surface area contributed by atoms with Gasteiger partial charge in [-0.2, -0.15) is 4.98 Å². The summed E-state index contributed by atoms with van der Waals surface area (Å²) in [6.07, 6.45) is 4.68. The predicted octanol–water partition coefficient (Wildman–Crippen LogP) is 1.91. The summed E-state index contributed by atoms with van der Waals surface area (Å²) in [5, 5.41) is 13.0. The maximum Gasteiger partial charge on any atom is 0.307 e. The molecule has 0 saturated carbocycles. The molecule has 0 aromatic carbocycles. The molecule has 98 valence electrons. The molecule has 0 bridgehead atoms. The third kappa shape index (κ3) is 2.43. The fourth-order valence-corrected chi connectivity index (χ4v) is 2.03. The molecule has 1 N–H and O–H groups in total. The number of ether oxygens (including phenoxy) is 1. The molecule has 0 amide bonds. The molecule has 1 aliphatic rings. The lowest BCUT2D eigenvalue weighted by molar-refractivity contribution is -0.142. The Balaban J connectivity index is 2.21. The molecule has 1 heterocycles. The van der Waals surface area contributed by atoms with Crippen molar-refractivity contribution in [2.24, 2.45) is 5.92 Å². The van der Waals surface area contributed by atoms with Crippen molar-refractivity contribution in [1.82, 2.24) is 10.1 Å². The maximum atomic E-state index is 11.2. The van der Waals surface area contributed by atoms with Crippen LogP contribution in [0, 0.1) is 5.92 Å². The van der Waals surface area contributed by atoms with Crippen LogP contribution in [0.5, 0.6) is 0 Å². The monoisotopic (exact) mass is 252 g/mol. The van der Waals surface area contributed by atoms with Gasteiger partial charge in [-0.15, -0.1) is 0 Å². The van der Waals surface area contributed by atoms with Gasteiger partial charge in [-0.25, -0.2) is 0 Å². The summed E-state index contributed by atoms with van der Waals surface area (Å²) < 4.78 is 10.3. The largest absolute Gasteiger partial charge is 0.481 e. The lowest BCUT2D eigenvalue weighted by Gasteiger charge is -2.21. The number of aromatic nitrogens is 2. The van der Waals surface area contributed by atoms with Crippen LogP contribution < -0.4 is 0 Å². The summed E-state index contributed by atoms with van der Waals surface area (Å²) in [4.78, 5) is 15.4. The minimum absolute atomic E-state index is 0.252. The van der Waals surface area contributed by atoms with Crippen LogP contribution >= 0.6 is 0 Å². The third-order valence-corrected chi connectivity index (χ3v) is 3.24. The zero-order valence-corrected chi connectivity index (χ0v) is 10.4. The molecule has 6 nitrogen and oxygen atoms in total. The Labute approximate surface area is 105 Å². The summed E-state index contributed by atoms with van der Waals surface area (Å²) in [6, 6.07) is 0. The SMILES string of the molecule is COC(C)c1noc(C2CC=CCC2C(=O)O)n1. The van der Waals surface area contributed by atoms with E-state index >= 15 is 0 Å². The number of aliphatic carboxylic acids is 1. The van der Waals surface area contributed by atoms with E-state index in [1.54, 1.807) is 7.11 Å². The van der Waals surface area contributed by atoms with Gasteiger partial charge < -0.3 is 14.4 Å². The number of nitrogens with zero attached hydrogens (tertiary/aromatic N) is 2. The van der Waals surface area contributed by atoms with Crippen LogP contribution in [0.4, 0.5) is 0 Å². The van der Waals surface area contributed by atoms with E-state index in [1.165, 1.54) is 0 Å². The second kappa shape index (κ2) is 5.30. The molecule has 0 spiro atoms. The molecule has 0 saturated heterocycles. The van der Waals surface area contributed by atoms with Gasteiger partial charge >= 0.3 is 5.97 Å². The van der Waals surface area contributed by atoms with Gasteiger partial charge in [0.1, 0.15) is 6.10 Å². The van der Waals surface area contributed by atoms with Crippen molar-refractivity contribution in [2.45, 2.75) is 31.8 Å². The average molecular weight is 252 g/mol. The summed E-state index contributed by atoms with van der Waals surface area (Å²) >= 11 is 0. The molecule has 2 rings (SSSR count). The highest BCUT2D eigenvalue weighted by Gasteiger charge is 2.34. The van der Waals surface area contributed by atoms with Gasteiger partial charge in [0.2, 0.25) is 5.89 Å². The van der Waals surface area contributed by atoms with Gasteiger partial charge in [-0.3, -0.25) is 4.79 Å². The van der Waals surface area contributed by atoms with Gasteiger partial charge in [0.15, 0.2) is 5.82 Å². The Morgan fingerprint density at radius 3 is 2.94 bits per heavy atom. The van der Waals surface area contributed by atoms with Crippen molar-refractivity contribution in [3.8, 4) is 0 Å². The van der Waals surface area contributed by atoms with Crippen molar-refractivity contribution in [1.29, 1.82) is 0 Å². The van der Waals surface area contributed by atoms with Crippen LogP contribution in [-0.2, 0) is 9.53 Å². The van der Waals surface area contributed by atoms with Gasteiger partial charge in [-0.1, -0.05) is 17.3 Å². The first kappa shape index (κ1) is 12.8. The molecule has 18 heavy (non-hydrogen) atoms. The Kier molecular flexibility index (Phi) is 3.76. The molecular weight excluding hydrogens is 236 g/mol. The smallest absolute Gasteiger partial charge is 0.307 e. The van der Waals surface area contributed by atoms with E-state index in [0.29, 0.717) is 24.6 Å². The summed E-state index contributed by atoms with van der Waals surface area (Å²) in [6.45, 7) is 1.81. The average Bonchev–Trinajstić information content (AvgIpc) is 2.87. The van der Waals surface area contributed by atoms with E-state index in [9.17, 15) is 9.90 Å². The number of carboxylic acids is 1. The molecule has 0 radical (unpaired) electrons. The van der Waals surface area contributed by atoms with E-state index in [1.807, 2.05) is 19.1 Å². The third-order valence-electron chi connectivity index (χ3n) is 3.24. The van der Waals surface area contributed by atoms with Crippen LogP contribution in [0.25, 0.3) is 0 Å². The quantitative estimate of drug-likeness (QED) is 0.824. The normalized spacial score (nSPS) is 25.0. The lowest BCUT2D eigenvalue weighted by Crippen LogP contribution is -2.23. The number of carboxylic acid groups (broad SMARTS) is 1. The van der Waals surface area contributed by atoms with Crippen LogP contribution in [0.3, 0.4) is 0 Å². The molecule has 0 fully saturated rings. The van der Waals surface area contributed by atoms with E-state index in [-0.39, 0.29) is 12.0 Å². The topological polar surface area (TPSA) is 85.5 Å². The van der Waals surface area contributed by atoms with Crippen molar-refractivity contribution in [3.05, 3.63) is 23.9 Å². The van der Waals surface area contributed by atoms with Crippen LogP contribution in [0.1, 0.15) is 43.5 Å². The molecule has 0 aliphatic heterocycles. The first-order chi connectivity index (χ1) is 8.63. The van der Waals surface area contributed by atoms with Crippen molar-refractivity contribution < 1.29 is 19.2 Å². The molecule has 3 atom stereocenters. The fourth-order valence-electron chi connectivity index (χ4n) is 2.03. The first-order valence-corrected chi connectivity index (χ1v) is 5.87. The van der Waals surface area contributed by atoms with Crippen LogP contribution in [0.2, 0.25) is 0 Å². The maximum absolute atomic E-state index is 11.2. The molecule has 1 aliphatic carbocycles.